The predicted molar refractivity (Wildman–Crippen MR) is 103 cm³/mol. The molecule has 7 heteroatoms. The molecule has 7 nitrogen and oxygen atoms in total. The van der Waals surface area contributed by atoms with Crippen LogP contribution in [0.1, 0.15) is 23.0 Å². The number of hydrogen-bond donors (Lipinski definition) is 1. The number of nitrogens with two attached hydrogens (primary N) is 1. The van der Waals surface area contributed by atoms with E-state index < -0.39 is 0 Å². The number of methoxy groups -OCH3 is 2. The minimum absolute atomic E-state index is 0.0616. The van der Waals surface area contributed by atoms with Crippen molar-refractivity contribution in [2.45, 2.75) is 13.5 Å². The Hall–Kier alpha value is -3.35. The first kappa shape index (κ1) is 17.1. The first-order valence-corrected chi connectivity index (χ1v) is 8.68. The van der Waals surface area contributed by atoms with Crippen molar-refractivity contribution in [3.05, 3.63) is 41.6 Å². The number of nitrogens with zero attached hydrogens (tertiary/aromatic N) is 3. The van der Waals surface area contributed by atoms with Crippen LogP contribution in [0.5, 0.6) is 11.8 Å². The van der Waals surface area contributed by atoms with E-state index in [1.54, 1.807) is 25.2 Å². The molecular formula is C20H20N4O3. The molecule has 138 valence electrons. The smallest absolute Gasteiger partial charge is 0.258 e. The molecule has 2 aromatic heterocycles. The van der Waals surface area contributed by atoms with Gasteiger partial charge in [0.1, 0.15) is 0 Å². The van der Waals surface area contributed by atoms with Gasteiger partial charge in [-0.25, -0.2) is 4.98 Å². The summed E-state index contributed by atoms with van der Waals surface area (Å²) in [5.74, 6) is 0.843. The lowest BCUT2D eigenvalue weighted by molar-refractivity contribution is 0.0787. The molecule has 1 aliphatic rings. The number of nitrogen functional groups attached to an aromatic ring is 1. The molecule has 0 bridgehead atoms. The Balaban J connectivity index is 1.98. The largest absolute Gasteiger partial charge is 0.481 e. The van der Waals surface area contributed by atoms with Crippen LogP contribution in [0.25, 0.3) is 22.0 Å². The van der Waals surface area contributed by atoms with Gasteiger partial charge in [0.25, 0.3) is 5.91 Å². The quantitative estimate of drug-likeness (QED) is 0.765. The van der Waals surface area contributed by atoms with E-state index in [1.807, 2.05) is 31.2 Å². The Kier molecular flexibility index (Phi) is 4.07. The molecule has 0 saturated heterocycles. The summed E-state index contributed by atoms with van der Waals surface area (Å²) < 4.78 is 10.6. The van der Waals surface area contributed by atoms with Crippen molar-refractivity contribution in [1.82, 2.24) is 14.9 Å². The third kappa shape index (κ3) is 2.54. The zero-order valence-electron chi connectivity index (χ0n) is 15.4. The second kappa shape index (κ2) is 6.42. The van der Waals surface area contributed by atoms with Gasteiger partial charge in [-0.1, -0.05) is 18.2 Å². The van der Waals surface area contributed by atoms with Gasteiger partial charge in [-0.2, -0.15) is 4.98 Å². The van der Waals surface area contributed by atoms with Crippen LogP contribution in [0.4, 0.5) is 5.69 Å². The summed E-state index contributed by atoms with van der Waals surface area (Å²) in [4.78, 5) is 23.5. The van der Waals surface area contributed by atoms with E-state index in [4.69, 9.17) is 20.2 Å². The first-order chi connectivity index (χ1) is 13.1. The van der Waals surface area contributed by atoms with Crippen molar-refractivity contribution in [2.24, 2.45) is 0 Å². The van der Waals surface area contributed by atoms with E-state index in [0.717, 1.165) is 22.0 Å². The number of ether oxygens (including phenoxy) is 2. The summed E-state index contributed by atoms with van der Waals surface area (Å²) in [5.41, 5.74) is 10.4. The third-order valence-electron chi connectivity index (χ3n) is 4.88. The number of benzene rings is 1. The van der Waals surface area contributed by atoms with Gasteiger partial charge in [-0.05, 0) is 13.0 Å². The minimum atomic E-state index is -0.0616. The Morgan fingerprint density at radius 3 is 2.63 bits per heavy atom. The average molecular weight is 364 g/mol. The highest BCUT2D eigenvalue weighted by atomic mass is 16.5. The maximum Gasteiger partial charge on any atom is 0.258 e. The van der Waals surface area contributed by atoms with Crippen molar-refractivity contribution in [2.75, 3.05) is 26.5 Å². The van der Waals surface area contributed by atoms with E-state index in [0.29, 0.717) is 41.8 Å². The zero-order chi connectivity index (χ0) is 19.1. The number of hydrogen-bond acceptors (Lipinski definition) is 6. The lowest BCUT2D eigenvalue weighted by Gasteiger charge is -2.13. The van der Waals surface area contributed by atoms with Crippen LogP contribution in [0.15, 0.2) is 30.3 Å². The zero-order valence-corrected chi connectivity index (χ0v) is 15.4. The summed E-state index contributed by atoms with van der Waals surface area (Å²) >= 11 is 0. The molecule has 3 heterocycles. The number of amides is 1. The molecule has 0 saturated carbocycles. The maximum atomic E-state index is 12.6. The maximum absolute atomic E-state index is 12.6. The highest BCUT2D eigenvalue weighted by Crippen LogP contribution is 2.39. The minimum Gasteiger partial charge on any atom is -0.481 e. The Morgan fingerprint density at radius 2 is 1.93 bits per heavy atom. The van der Waals surface area contributed by atoms with E-state index in [9.17, 15) is 4.79 Å². The fraction of sp³-hybridized carbons (Fsp3) is 0.250. The van der Waals surface area contributed by atoms with Gasteiger partial charge in [0.2, 0.25) is 11.8 Å². The van der Waals surface area contributed by atoms with Crippen LogP contribution in [0.2, 0.25) is 0 Å². The molecule has 0 atom stereocenters. The van der Waals surface area contributed by atoms with Crippen molar-refractivity contribution < 1.29 is 14.3 Å². The van der Waals surface area contributed by atoms with E-state index >= 15 is 0 Å². The number of pyridine rings is 2. The number of rotatable bonds is 4. The van der Waals surface area contributed by atoms with Crippen molar-refractivity contribution in [3.63, 3.8) is 0 Å². The fourth-order valence-electron chi connectivity index (χ4n) is 3.50. The van der Waals surface area contributed by atoms with Gasteiger partial charge in [0, 0.05) is 29.1 Å². The summed E-state index contributed by atoms with van der Waals surface area (Å²) in [6.45, 7) is 3.03. The second-order valence-electron chi connectivity index (χ2n) is 6.28. The molecule has 4 rings (SSSR count). The van der Waals surface area contributed by atoms with Crippen LogP contribution in [-0.4, -0.2) is 41.5 Å². The lowest BCUT2D eigenvalue weighted by Crippen LogP contribution is -2.23. The molecule has 0 spiro atoms. The number of carbonyl (C=O) groups excluding carboxylic acids is 1. The van der Waals surface area contributed by atoms with Gasteiger partial charge in [0.15, 0.2) is 0 Å². The Labute approximate surface area is 156 Å². The van der Waals surface area contributed by atoms with Gasteiger partial charge in [-0.15, -0.1) is 0 Å². The SMILES string of the molecule is CCN1Cc2nc3c(-c4ccc(OC)nc4OC)cccc3c(N)c2C1=O. The van der Waals surface area contributed by atoms with Crippen molar-refractivity contribution >= 4 is 22.5 Å². The predicted octanol–water partition coefficient (Wildman–Crippen LogP) is 2.87. The fourth-order valence-corrected chi connectivity index (χ4v) is 3.50. The molecule has 1 aliphatic heterocycles. The summed E-state index contributed by atoms with van der Waals surface area (Å²) in [6, 6.07) is 9.38. The summed E-state index contributed by atoms with van der Waals surface area (Å²) in [7, 11) is 3.12. The molecule has 2 N–H and O–H groups in total. The Morgan fingerprint density at radius 1 is 1.11 bits per heavy atom. The average Bonchev–Trinajstić information content (AvgIpc) is 3.03. The molecule has 0 radical (unpaired) electrons. The standard InChI is InChI=1S/C20H20N4O3/c1-4-24-10-14-16(20(24)25)17(21)13-7-5-6-11(18(13)22-14)12-8-9-15(26-2)23-19(12)27-3/h5-9H,4,10H2,1-3H3,(H2,21,22). The number of fused-ring (bicyclic) bond motifs is 2. The monoisotopic (exact) mass is 364 g/mol. The first-order valence-electron chi connectivity index (χ1n) is 8.68. The van der Waals surface area contributed by atoms with Gasteiger partial charge in [0.05, 0.1) is 43.2 Å². The molecule has 0 unspecified atom stereocenters. The Bertz CT molecular complexity index is 1060. The van der Waals surface area contributed by atoms with E-state index in [1.165, 1.54) is 0 Å². The van der Waals surface area contributed by atoms with Crippen molar-refractivity contribution in [3.8, 4) is 22.9 Å². The van der Waals surface area contributed by atoms with Crippen LogP contribution < -0.4 is 15.2 Å². The topological polar surface area (TPSA) is 90.6 Å². The normalized spacial score (nSPS) is 13.1. The third-order valence-corrected chi connectivity index (χ3v) is 4.88. The van der Waals surface area contributed by atoms with E-state index in [-0.39, 0.29) is 5.91 Å². The molecule has 27 heavy (non-hydrogen) atoms. The van der Waals surface area contributed by atoms with Crippen LogP contribution in [0, 0.1) is 0 Å². The van der Waals surface area contributed by atoms with Gasteiger partial charge in [-0.3, -0.25) is 4.79 Å². The lowest BCUT2D eigenvalue weighted by atomic mass is 9.99. The van der Waals surface area contributed by atoms with Crippen LogP contribution in [0.3, 0.4) is 0 Å². The van der Waals surface area contributed by atoms with Gasteiger partial charge >= 0.3 is 0 Å². The number of carbonyl (C=O) groups is 1. The van der Waals surface area contributed by atoms with Crippen LogP contribution >= 0.6 is 0 Å². The molecule has 3 aromatic rings. The number of para-hydroxylation sites is 1. The molecule has 1 aromatic carbocycles. The van der Waals surface area contributed by atoms with E-state index in [2.05, 4.69) is 4.98 Å². The number of anilines is 1. The molecule has 1 amide bonds. The van der Waals surface area contributed by atoms with Gasteiger partial charge < -0.3 is 20.1 Å². The molecule has 0 aliphatic carbocycles. The number of aromatic nitrogens is 2. The highest BCUT2D eigenvalue weighted by Gasteiger charge is 2.31. The van der Waals surface area contributed by atoms with Crippen LogP contribution in [-0.2, 0) is 6.54 Å². The molecule has 0 fully saturated rings. The highest BCUT2D eigenvalue weighted by molar-refractivity contribution is 6.11. The summed E-state index contributed by atoms with van der Waals surface area (Å²) in [6.07, 6.45) is 0. The van der Waals surface area contributed by atoms with Crippen molar-refractivity contribution in [1.29, 1.82) is 0 Å². The summed E-state index contributed by atoms with van der Waals surface area (Å²) in [5, 5.41) is 0.746. The second-order valence-corrected chi connectivity index (χ2v) is 6.28. The molecular weight excluding hydrogens is 344 g/mol.